The van der Waals surface area contributed by atoms with E-state index in [0.29, 0.717) is 18.5 Å². The standard InChI is InChI=1S/C34H35N5S/c1-6-19(4)37-31-20(5)30-27(17-35-13-14-36-30)26-15-21(7-9-24(26)31)29-16-22-8-10-23-25(33(22)40-29)11-12-28-32(23)39-34(38-28)18(2)3/h7-10,13-16,18-19,37H,6,11-12,17H2,1-5H3,(H,38,39). The van der Waals surface area contributed by atoms with Crippen LogP contribution in [-0.2, 0) is 19.4 Å². The van der Waals surface area contributed by atoms with Gasteiger partial charge < -0.3 is 10.3 Å². The number of aromatic nitrogens is 2. The SMILES string of the molecule is CCC(C)Nc1c(C)c2c(c3cc(-c4cc5ccc6c(c5s4)CCc4[nH]c(C(C)C)nc4-6)ccc13)CN=CC=N2. The van der Waals surface area contributed by atoms with Gasteiger partial charge in [-0.2, -0.15) is 0 Å². The zero-order chi connectivity index (χ0) is 27.5. The zero-order valence-electron chi connectivity index (χ0n) is 23.9. The topological polar surface area (TPSA) is 65.4 Å². The third kappa shape index (κ3) is 4.00. The summed E-state index contributed by atoms with van der Waals surface area (Å²) >= 11 is 1.91. The highest BCUT2D eigenvalue weighted by molar-refractivity contribution is 7.22. The Morgan fingerprint density at radius 1 is 1.00 bits per heavy atom. The fourth-order valence-corrected chi connectivity index (χ4v) is 7.37. The van der Waals surface area contributed by atoms with Crippen LogP contribution in [0, 0.1) is 6.92 Å². The van der Waals surface area contributed by atoms with Crippen LogP contribution in [0.5, 0.6) is 0 Å². The molecule has 1 aliphatic carbocycles. The molecule has 1 unspecified atom stereocenters. The Bertz CT molecular complexity index is 1850. The molecule has 3 heterocycles. The van der Waals surface area contributed by atoms with E-state index in [1.807, 2.05) is 23.8 Å². The highest BCUT2D eigenvalue weighted by Gasteiger charge is 2.24. The molecular weight excluding hydrogens is 510 g/mol. The normalized spacial score (nSPS) is 14.8. The second-order valence-electron chi connectivity index (χ2n) is 11.5. The molecule has 2 N–H and O–H groups in total. The molecule has 5 aromatic rings. The number of hydrogen-bond acceptors (Lipinski definition) is 5. The highest BCUT2D eigenvalue weighted by Crippen LogP contribution is 2.45. The van der Waals surface area contributed by atoms with Crippen LogP contribution in [0.2, 0.25) is 0 Å². The minimum Gasteiger partial charge on any atom is -0.382 e. The molecule has 40 heavy (non-hydrogen) atoms. The Labute approximate surface area is 239 Å². The van der Waals surface area contributed by atoms with Crippen LogP contribution in [0.3, 0.4) is 0 Å². The van der Waals surface area contributed by atoms with Gasteiger partial charge in [0.1, 0.15) is 5.82 Å². The maximum atomic E-state index is 5.01. The van der Waals surface area contributed by atoms with Crippen LogP contribution >= 0.6 is 11.3 Å². The molecule has 0 bridgehead atoms. The average molecular weight is 546 g/mol. The van der Waals surface area contributed by atoms with Gasteiger partial charge in [-0.3, -0.25) is 9.98 Å². The summed E-state index contributed by atoms with van der Waals surface area (Å²) in [6.45, 7) is 11.7. The second-order valence-corrected chi connectivity index (χ2v) is 12.6. The summed E-state index contributed by atoms with van der Waals surface area (Å²) in [5.41, 5.74) is 11.1. The number of fused-ring (bicyclic) bond motifs is 8. The first-order valence-corrected chi connectivity index (χ1v) is 15.3. The van der Waals surface area contributed by atoms with Crippen molar-refractivity contribution in [2.75, 3.05) is 5.32 Å². The molecule has 202 valence electrons. The van der Waals surface area contributed by atoms with Crippen LogP contribution in [0.1, 0.15) is 68.2 Å². The maximum absolute atomic E-state index is 5.01. The molecule has 1 atom stereocenters. The predicted molar refractivity (Wildman–Crippen MR) is 172 cm³/mol. The molecular formula is C34H35N5S. The number of nitrogens with zero attached hydrogens (tertiary/aromatic N) is 3. The fraction of sp³-hybridized carbons (Fsp3) is 0.324. The van der Waals surface area contributed by atoms with Crippen LogP contribution in [0.4, 0.5) is 11.4 Å². The molecule has 2 aromatic heterocycles. The van der Waals surface area contributed by atoms with Gasteiger partial charge in [-0.1, -0.05) is 45.0 Å². The third-order valence-corrected chi connectivity index (χ3v) is 9.82. The molecule has 1 aliphatic heterocycles. The molecule has 7 rings (SSSR count). The lowest BCUT2D eigenvalue weighted by atomic mass is 9.91. The van der Waals surface area contributed by atoms with Crippen molar-refractivity contribution in [3.05, 3.63) is 64.6 Å². The lowest BCUT2D eigenvalue weighted by Gasteiger charge is -2.21. The van der Waals surface area contributed by atoms with Crippen molar-refractivity contribution in [2.45, 2.75) is 72.4 Å². The van der Waals surface area contributed by atoms with Gasteiger partial charge in [0.25, 0.3) is 0 Å². The Morgan fingerprint density at radius 3 is 2.70 bits per heavy atom. The van der Waals surface area contributed by atoms with Crippen LogP contribution in [0.25, 0.3) is 42.6 Å². The van der Waals surface area contributed by atoms with E-state index in [2.05, 4.69) is 86.3 Å². The third-order valence-electron chi connectivity index (χ3n) is 8.56. The summed E-state index contributed by atoms with van der Waals surface area (Å²) in [5, 5.41) is 7.59. The molecule has 0 fully saturated rings. The van der Waals surface area contributed by atoms with Crippen LogP contribution in [0.15, 0.2) is 46.4 Å². The summed E-state index contributed by atoms with van der Waals surface area (Å²) in [7, 11) is 0. The largest absolute Gasteiger partial charge is 0.382 e. The van der Waals surface area contributed by atoms with Crippen molar-refractivity contribution in [1.82, 2.24) is 9.97 Å². The second kappa shape index (κ2) is 9.70. The number of nitrogens with one attached hydrogen (secondary N) is 2. The number of imidazole rings is 1. The van der Waals surface area contributed by atoms with E-state index >= 15 is 0 Å². The summed E-state index contributed by atoms with van der Waals surface area (Å²) in [6.07, 6.45) is 6.77. The molecule has 0 radical (unpaired) electrons. The van der Waals surface area contributed by atoms with Crippen molar-refractivity contribution in [3.63, 3.8) is 0 Å². The van der Waals surface area contributed by atoms with Gasteiger partial charge in [-0.05, 0) is 72.7 Å². The van der Waals surface area contributed by atoms with Crippen molar-refractivity contribution in [1.29, 1.82) is 0 Å². The first-order chi connectivity index (χ1) is 19.4. The quantitative estimate of drug-likeness (QED) is 0.231. The van der Waals surface area contributed by atoms with Crippen molar-refractivity contribution < 1.29 is 0 Å². The Hall–Kier alpha value is -3.77. The van der Waals surface area contributed by atoms with E-state index in [1.165, 1.54) is 64.9 Å². The molecule has 6 heteroatoms. The minimum atomic E-state index is 0.381. The van der Waals surface area contributed by atoms with Crippen LogP contribution < -0.4 is 5.32 Å². The summed E-state index contributed by atoms with van der Waals surface area (Å²) in [4.78, 5) is 19.3. The van der Waals surface area contributed by atoms with Gasteiger partial charge in [-0.15, -0.1) is 11.3 Å². The van der Waals surface area contributed by atoms with E-state index < -0.39 is 0 Å². The fourth-order valence-electron chi connectivity index (χ4n) is 6.14. The smallest absolute Gasteiger partial charge is 0.109 e. The predicted octanol–water partition coefficient (Wildman–Crippen LogP) is 9.14. The molecule has 0 saturated carbocycles. The number of aryl methyl sites for hydroxylation is 2. The number of thiophene rings is 1. The van der Waals surface area contributed by atoms with Gasteiger partial charge in [0, 0.05) is 61.9 Å². The molecule has 0 amide bonds. The number of aromatic amines is 1. The van der Waals surface area contributed by atoms with Gasteiger partial charge in [0.05, 0.1) is 17.9 Å². The summed E-state index contributed by atoms with van der Waals surface area (Å²) < 4.78 is 1.39. The Balaban J connectivity index is 1.38. The molecule has 5 nitrogen and oxygen atoms in total. The number of aliphatic imine (C=N–C) groups is 2. The molecule has 0 saturated heterocycles. The number of hydrogen-bond donors (Lipinski definition) is 2. The maximum Gasteiger partial charge on any atom is 0.109 e. The van der Waals surface area contributed by atoms with E-state index in [1.54, 1.807) is 0 Å². The first-order valence-electron chi connectivity index (χ1n) is 14.5. The van der Waals surface area contributed by atoms with E-state index in [0.717, 1.165) is 36.5 Å². The number of rotatable bonds is 5. The van der Waals surface area contributed by atoms with Crippen LogP contribution in [-0.4, -0.2) is 28.4 Å². The Kier molecular flexibility index (Phi) is 6.12. The monoisotopic (exact) mass is 545 g/mol. The number of benzene rings is 3. The van der Waals surface area contributed by atoms with Gasteiger partial charge in [0.2, 0.25) is 0 Å². The summed E-state index contributed by atoms with van der Waals surface area (Å²) in [6, 6.07) is 14.3. The van der Waals surface area contributed by atoms with Crippen molar-refractivity contribution >= 4 is 56.0 Å². The average Bonchev–Trinajstić information content (AvgIpc) is 3.52. The van der Waals surface area contributed by atoms with E-state index in [9.17, 15) is 0 Å². The lowest BCUT2D eigenvalue weighted by Crippen LogP contribution is -2.15. The Morgan fingerprint density at radius 2 is 1.88 bits per heavy atom. The summed E-state index contributed by atoms with van der Waals surface area (Å²) in [5.74, 6) is 1.49. The number of anilines is 1. The number of H-pyrrole nitrogens is 1. The van der Waals surface area contributed by atoms with Crippen molar-refractivity contribution in [3.8, 4) is 21.7 Å². The first kappa shape index (κ1) is 25.2. The van der Waals surface area contributed by atoms with E-state index in [4.69, 9.17) is 9.98 Å². The molecule has 2 aliphatic rings. The van der Waals surface area contributed by atoms with Gasteiger partial charge in [-0.25, -0.2) is 4.98 Å². The van der Waals surface area contributed by atoms with E-state index in [-0.39, 0.29) is 0 Å². The zero-order valence-corrected chi connectivity index (χ0v) is 24.7. The minimum absolute atomic E-state index is 0.381. The lowest BCUT2D eigenvalue weighted by molar-refractivity contribution is 0.764. The molecule has 3 aromatic carbocycles. The molecule has 0 spiro atoms. The van der Waals surface area contributed by atoms with Crippen molar-refractivity contribution in [2.24, 2.45) is 9.98 Å². The highest BCUT2D eigenvalue weighted by atomic mass is 32.1. The van der Waals surface area contributed by atoms with Gasteiger partial charge >= 0.3 is 0 Å². The van der Waals surface area contributed by atoms with Gasteiger partial charge in [0.15, 0.2) is 0 Å².